The van der Waals surface area contributed by atoms with Crippen molar-refractivity contribution in [2.75, 3.05) is 6.54 Å². The van der Waals surface area contributed by atoms with Crippen molar-refractivity contribution in [2.24, 2.45) is 0 Å². The fourth-order valence-corrected chi connectivity index (χ4v) is 3.84. The van der Waals surface area contributed by atoms with Crippen LogP contribution in [0.15, 0.2) is 35.2 Å². The Morgan fingerprint density at radius 3 is 3.11 bits per heavy atom. The SMILES string of the molecule is C/C(=C/c1csc2ccccc12)CC1CCCCN1. The highest BCUT2D eigenvalue weighted by Crippen LogP contribution is 2.28. The van der Waals surface area contributed by atoms with Crippen LogP contribution in [0, 0.1) is 0 Å². The minimum atomic E-state index is 0.690. The first-order valence-electron chi connectivity index (χ1n) is 7.20. The van der Waals surface area contributed by atoms with E-state index >= 15 is 0 Å². The molecule has 1 saturated heterocycles. The molecule has 0 amide bonds. The molecule has 1 aliphatic heterocycles. The summed E-state index contributed by atoms with van der Waals surface area (Å²) in [6, 6.07) is 9.37. The maximum absolute atomic E-state index is 3.63. The van der Waals surface area contributed by atoms with Gasteiger partial charge < -0.3 is 5.32 Å². The second-order valence-corrected chi connectivity index (χ2v) is 6.44. The quantitative estimate of drug-likeness (QED) is 0.842. The molecule has 3 rings (SSSR count). The Kier molecular flexibility index (Phi) is 4.00. The van der Waals surface area contributed by atoms with E-state index in [1.165, 1.54) is 53.5 Å². The molecule has 2 aromatic rings. The second kappa shape index (κ2) is 5.89. The van der Waals surface area contributed by atoms with Crippen LogP contribution in [0.5, 0.6) is 0 Å². The summed E-state index contributed by atoms with van der Waals surface area (Å²) in [4.78, 5) is 0. The van der Waals surface area contributed by atoms with Crippen LogP contribution in [0.1, 0.15) is 38.2 Å². The summed E-state index contributed by atoms with van der Waals surface area (Å²) >= 11 is 1.84. The highest BCUT2D eigenvalue weighted by molar-refractivity contribution is 7.17. The van der Waals surface area contributed by atoms with Crippen LogP contribution in [0.2, 0.25) is 0 Å². The minimum Gasteiger partial charge on any atom is -0.314 e. The van der Waals surface area contributed by atoms with E-state index < -0.39 is 0 Å². The number of benzene rings is 1. The van der Waals surface area contributed by atoms with Crippen molar-refractivity contribution in [3.05, 3.63) is 40.8 Å². The molecule has 1 N–H and O–H groups in total. The summed E-state index contributed by atoms with van der Waals surface area (Å²) in [5.41, 5.74) is 2.87. The number of nitrogens with one attached hydrogen (secondary N) is 1. The first kappa shape index (κ1) is 12.9. The second-order valence-electron chi connectivity index (χ2n) is 5.53. The third-order valence-electron chi connectivity index (χ3n) is 3.89. The van der Waals surface area contributed by atoms with Crippen molar-refractivity contribution in [3.63, 3.8) is 0 Å². The van der Waals surface area contributed by atoms with Gasteiger partial charge in [0.2, 0.25) is 0 Å². The zero-order chi connectivity index (χ0) is 13.1. The van der Waals surface area contributed by atoms with Crippen LogP contribution >= 0.6 is 11.3 Å². The van der Waals surface area contributed by atoms with Gasteiger partial charge in [-0.1, -0.05) is 36.3 Å². The molecule has 1 aromatic heterocycles. The summed E-state index contributed by atoms with van der Waals surface area (Å²) in [7, 11) is 0. The van der Waals surface area contributed by atoms with Crippen molar-refractivity contribution < 1.29 is 0 Å². The van der Waals surface area contributed by atoms with Gasteiger partial charge in [0.15, 0.2) is 0 Å². The van der Waals surface area contributed by atoms with E-state index in [1.54, 1.807) is 0 Å². The van der Waals surface area contributed by atoms with E-state index in [0.717, 1.165) is 0 Å². The lowest BCUT2D eigenvalue weighted by atomic mass is 9.97. The Balaban J connectivity index is 1.76. The molecular weight excluding hydrogens is 250 g/mol. The van der Waals surface area contributed by atoms with Crippen molar-refractivity contribution in [2.45, 2.75) is 38.6 Å². The topological polar surface area (TPSA) is 12.0 Å². The van der Waals surface area contributed by atoms with E-state index in [4.69, 9.17) is 0 Å². The third kappa shape index (κ3) is 3.07. The molecule has 100 valence electrons. The Labute approximate surface area is 119 Å². The van der Waals surface area contributed by atoms with Gasteiger partial charge in [0.1, 0.15) is 0 Å². The summed E-state index contributed by atoms with van der Waals surface area (Å²) in [6.45, 7) is 3.46. The van der Waals surface area contributed by atoms with E-state index in [2.05, 4.69) is 48.0 Å². The molecule has 0 radical (unpaired) electrons. The Morgan fingerprint density at radius 1 is 1.37 bits per heavy atom. The molecule has 0 saturated carbocycles. The zero-order valence-corrected chi connectivity index (χ0v) is 12.3. The normalized spacial score (nSPS) is 20.9. The van der Waals surface area contributed by atoms with Gasteiger partial charge in [-0.15, -0.1) is 11.3 Å². The van der Waals surface area contributed by atoms with Crippen LogP contribution in [0.25, 0.3) is 16.2 Å². The molecule has 0 aliphatic carbocycles. The van der Waals surface area contributed by atoms with Crippen LogP contribution in [0.3, 0.4) is 0 Å². The third-order valence-corrected chi connectivity index (χ3v) is 4.88. The molecule has 1 aromatic carbocycles. The monoisotopic (exact) mass is 271 g/mol. The summed E-state index contributed by atoms with van der Waals surface area (Å²) in [5.74, 6) is 0. The highest BCUT2D eigenvalue weighted by Gasteiger charge is 2.12. The van der Waals surface area contributed by atoms with Crippen LogP contribution in [-0.4, -0.2) is 12.6 Å². The Hall–Kier alpha value is -1.12. The van der Waals surface area contributed by atoms with Crippen LogP contribution in [-0.2, 0) is 0 Å². The molecule has 1 fully saturated rings. The molecule has 2 heteroatoms. The van der Waals surface area contributed by atoms with Crippen LogP contribution < -0.4 is 5.32 Å². The molecular formula is C17H21NS. The lowest BCUT2D eigenvalue weighted by molar-refractivity contribution is 0.399. The van der Waals surface area contributed by atoms with E-state index in [-0.39, 0.29) is 0 Å². The highest BCUT2D eigenvalue weighted by atomic mass is 32.1. The standard InChI is InChI=1S/C17H21NS/c1-13(11-15-6-4-5-9-18-15)10-14-12-19-17-8-3-2-7-16(14)17/h2-3,7-8,10,12,15,18H,4-6,9,11H2,1H3/b13-10-. The fourth-order valence-electron chi connectivity index (χ4n) is 2.92. The Bertz CT molecular complexity index is 576. The predicted octanol–water partition coefficient (Wildman–Crippen LogP) is 4.84. The smallest absolute Gasteiger partial charge is 0.0348 e. The van der Waals surface area contributed by atoms with Crippen molar-refractivity contribution in [1.29, 1.82) is 0 Å². The summed E-state index contributed by atoms with van der Waals surface area (Å²) in [6.07, 6.45) is 7.61. The zero-order valence-electron chi connectivity index (χ0n) is 11.5. The van der Waals surface area contributed by atoms with E-state index in [1.807, 2.05) is 11.3 Å². The predicted molar refractivity (Wildman–Crippen MR) is 85.7 cm³/mol. The van der Waals surface area contributed by atoms with Gasteiger partial charge in [0.05, 0.1) is 0 Å². The van der Waals surface area contributed by atoms with Gasteiger partial charge in [0.25, 0.3) is 0 Å². The maximum atomic E-state index is 3.63. The molecule has 19 heavy (non-hydrogen) atoms. The van der Waals surface area contributed by atoms with Crippen LogP contribution in [0.4, 0.5) is 0 Å². The molecule has 1 aliphatic rings. The molecule has 1 atom stereocenters. The van der Waals surface area contributed by atoms with E-state index in [9.17, 15) is 0 Å². The number of piperidine rings is 1. The van der Waals surface area contributed by atoms with Gasteiger partial charge in [0, 0.05) is 10.7 Å². The lowest BCUT2D eigenvalue weighted by Crippen LogP contribution is -2.33. The number of fused-ring (bicyclic) bond motifs is 1. The average molecular weight is 271 g/mol. The van der Waals surface area contributed by atoms with Crippen molar-refractivity contribution >= 4 is 27.5 Å². The molecule has 0 bridgehead atoms. The Morgan fingerprint density at radius 2 is 2.26 bits per heavy atom. The van der Waals surface area contributed by atoms with Gasteiger partial charge in [-0.2, -0.15) is 0 Å². The summed E-state index contributed by atoms with van der Waals surface area (Å²) in [5, 5.41) is 7.30. The number of hydrogen-bond donors (Lipinski definition) is 1. The largest absolute Gasteiger partial charge is 0.314 e. The number of rotatable bonds is 3. The first-order chi connectivity index (χ1) is 9.33. The van der Waals surface area contributed by atoms with Gasteiger partial charge in [-0.05, 0) is 55.1 Å². The minimum absolute atomic E-state index is 0.690. The summed E-state index contributed by atoms with van der Waals surface area (Å²) < 4.78 is 1.39. The van der Waals surface area contributed by atoms with Gasteiger partial charge in [-0.3, -0.25) is 0 Å². The molecule has 1 unspecified atom stereocenters. The average Bonchev–Trinajstić information content (AvgIpc) is 2.83. The van der Waals surface area contributed by atoms with Gasteiger partial charge >= 0.3 is 0 Å². The van der Waals surface area contributed by atoms with Gasteiger partial charge in [-0.25, -0.2) is 0 Å². The van der Waals surface area contributed by atoms with E-state index in [0.29, 0.717) is 6.04 Å². The lowest BCUT2D eigenvalue weighted by Gasteiger charge is -2.23. The number of hydrogen-bond acceptors (Lipinski definition) is 2. The number of thiophene rings is 1. The maximum Gasteiger partial charge on any atom is 0.0348 e. The van der Waals surface area contributed by atoms with Crippen molar-refractivity contribution in [3.8, 4) is 0 Å². The fraction of sp³-hybridized carbons (Fsp3) is 0.412. The van der Waals surface area contributed by atoms with Crippen molar-refractivity contribution in [1.82, 2.24) is 5.32 Å². The first-order valence-corrected chi connectivity index (χ1v) is 8.08. The molecule has 0 spiro atoms. The molecule has 2 heterocycles. The molecule has 1 nitrogen and oxygen atoms in total.